The molecule has 3 nitrogen and oxygen atoms in total. The van der Waals surface area contributed by atoms with Crippen molar-refractivity contribution in [2.75, 3.05) is 19.3 Å². The van der Waals surface area contributed by atoms with Crippen molar-refractivity contribution in [3.63, 3.8) is 0 Å². The summed E-state index contributed by atoms with van der Waals surface area (Å²) in [6.07, 6.45) is 8.80. The molecule has 3 rings (SSSR count). The van der Waals surface area contributed by atoms with E-state index in [1.54, 1.807) is 0 Å². The summed E-state index contributed by atoms with van der Waals surface area (Å²) in [5.74, 6) is 2.44. The second-order valence-corrected chi connectivity index (χ2v) is 7.71. The first kappa shape index (κ1) is 13.7. The highest BCUT2D eigenvalue weighted by molar-refractivity contribution is 8.00. The van der Waals surface area contributed by atoms with Crippen molar-refractivity contribution in [2.24, 2.45) is 5.92 Å². The van der Waals surface area contributed by atoms with Gasteiger partial charge in [0.05, 0.1) is 6.04 Å². The Morgan fingerprint density at radius 1 is 1.21 bits per heavy atom. The molecule has 0 aromatic carbocycles. The van der Waals surface area contributed by atoms with Gasteiger partial charge in [0.15, 0.2) is 0 Å². The Balaban J connectivity index is 1.75. The van der Waals surface area contributed by atoms with Crippen molar-refractivity contribution in [1.82, 2.24) is 10.2 Å². The molecule has 0 bridgehead atoms. The van der Waals surface area contributed by atoms with Gasteiger partial charge < -0.3 is 10.2 Å². The van der Waals surface area contributed by atoms with E-state index in [0.717, 1.165) is 18.9 Å². The van der Waals surface area contributed by atoms with Gasteiger partial charge in [-0.15, -0.1) is 0 Å². The van der Waals surface area contributed by atoms with Gasteiger partial charge in [-0.3, -0.25) is 4.79 Å². The van der Waals surface area contributed by atoms with Crippen LogP contribution >= 0.6 is 11.8 Å². The van der Waals surface area contributed by atoms with E-state index in [9.17, 15) is 4.79 Å². The quantitative estimate of drug-likeness (QED) is 0.862. The average Bonchev–Trinajstić information content (AvgIpc) is 3.05. The van der Waals surface area contributed by atoms with Crippen molar-refractivity contribution in [3.05, 3.63) is 0 Å². The van der Waals surface area contributed by atoms with E-state index < -0.39 is 0 Å². The SMILES string of the molecule is CNC1CCC2CCCC2N(CC2CCCS2)C1=O. The van der Waals surface area contributed by atoms with Gasteiger partial charge in [-0.05, 0) is 57.2 Å². The summed E-state index contributed by atoms with van der Waals surface area (Å²) in [5, 5.41) is 3.94. The van der Waals surface area contributed by atoms with Gasteiger partial charge in [0.1, 0.15) is 0 Å². The fourth-order valence-corrected chi connectivity index (χ4v) is 5.40. The van der Waals surface area contributed by atoms with E-state index in [1.807, 2.05) is 7.05 Å². The minimum atomic E-state index is 0.0667. The van der Waals surface area contributed by atoms with Gasteiger partial charge in [0.25, 0.3) is 0 Å². The van der Waals surface area contributed by atoms with Crippen LogP contribution in [0.1, 0.15) is 44.9 Å². The zero-order valence-electron chi connectivity index (χ0n) is 11.9. The van der Waals surface area contributed by atoms with Crippen LogP contribution in [0.4, 0.5) is 0 Å². The Hall–Kier alpha value is -0.220. The molecule has 2 heterocycles. The molecule has 1 aliphatic carbocycles. The van der Waals surface area contributed by atoms with E-state index in [0.29, 0.717) is 17.2 Å². The molecular weight excluding hydrogens is 256 g/mol. The fraction of sp³-hybridized carbons (Fsp3) is 0.933. The normalized spacial score (nSPS) is 39.4. The molecule has 3 aliphatic rings. The molecule has 4 unspecified atom stereocenters. The van der Waals surface area contributed by atoms with Crippen molar-refractivity contribution in [2.45, 2.75) is 62.3 Å². The maximum absolute atomic E-state index is 12.8. The number of thioether (sulfide) groups is 1. The van der Waals surface area contributed by atoms with Crippen LogP contribution in [0.2, 0.25) is 0 Å². The number of likely N-dealkylation sites (tertiary alicyclic amines) is 1. The number of likely N-dealkylation sites (N-methyl/N-ethyl adjacent to an activating group) is 1. The summed E-state index contributed by atoms with van der Waals surface area (Å²) >= 11 is 2.07. The molecule has 2 saturated heterocycles. The molecular formula is C15H26N2OS. The van der Waals surface area contributed by atoms with Gasteiger partial charge in [0, 0.05) is 17.8 Å². The lowest BCUT2D eigenvalue weighted by atomic mass is 9.97. The van der Waals surface area contributed by atoms with Gasteiger partial charge in [-0.2, -0.15) is 11.8 Å². The molecule has 1 N–H and O–H groups in total. The number of hydrogen-bond donors (Lipinski definition) is 1. The van der Waals surface area contributed by atoms with E-state index in [-0.39, 0.29) is 6.04 Å². The van der Waals surface area contributed by atoms with Gasteiger partial charge >= 0.3 is 0 Å². The van der Waals surface area contributed by atoms with E-state index >= 15 is 0 Å². The first-order valence-electron chi connectivity index (χ1n) is 7.89. The zero-order chi connectivity index (χ0) is 13.2. The standard InChI is InChI=1S/C15H26N2OS/c1-16-13-8-7-11-4-2-6-14(11)17(15(13)18)10-12-5-3-9-19-12/h11-14,16H,2-10H2,1H3. The van der Waals surface area contributed by atoms with Crippen molar-refractivity contribution < 1.29 is 4.79 Å². The lowest BCUT2D eigenvalue weighted by Crippen LogP contribution is -2.50. The Morgan fingerprint density at radius 3 is 2.84 bits per heavy atom. The lowest BCUT2D eigenvalue weighted by molar-refractivity contribution is -0.135. The first-order chi connectivity index (χ1) is 9.29. The Morgan fingerprint density at radius 2 is 2.11 bits per heavy atom. The highest BCUT2D eigenvalue weighted by Crippen LogP contribution is 2.38. The van der Waals surface area contributed by atoms with Crippen LogP contribution in [0.15, 0.2) is 0 Å². The summed E-state index contributed by atoms with van der Waals surface area (Å²) in [6, 6.07) is 0.615. The minimum absolute atomic E-state index is 0.0667. The van der Waals surface area contributed by atoms with Gasteiger partial charge in [-0.25, -0.2) is 0 Å². The molecule has 2 aliphatic heterocycles. The van der Waals surface area contributed by atoms with Crippen molar-refractivity contribution in [3.8, 4) is 0 Å². The average molecular weight is 282 g/mol. The van der Waals surface area contributed by atoms with Crippen LogP contribution in [0, 0.1) is 5.92 Å². The molecule has 0 spiro atoms. The number of carbonyl (C=O) groups is 1. The molecule has 4 heteroatoms. The first-order valence-corrected chi connectivity index (χ1v) is 8.94. The molecule has 1 saturated carbocycles. The van der Waals surface area contributed by atoms with Crippen LogP contribution in [0.3, 0.4) is 0 Å². The summed E-state index contributed by atoms with van der Waals surface area (Å²) in [7, 11) is 1.94. The van der Waals surface area contributed by atoms with Crippen LogP contribution in [-0.2, 0) is 4.79 Å². The Labute approximate surface area is 120 Å². The van der Waals surface area contributed by atoms with Crippen LogP contribution in [0.5, 0.6) is 0 Å². The molecule has 1 amide bonds. The topological polar surface area (TPSA) is 32.3 Å². The summed E-state index contributed by atoms with van der Waals surface area (Å²) in [4.78, 5) is 15.0. The zero-order valence-corrected chi connectivity index (χ0v) is 12.8. The molecule has 0 aromatic rings. The second kappa shape index (κ2) is 6.04. The predicted molar refractivity (Wildman–Crippen MR) is 80.4 cm³/mol. The van der Waals surface area contributed by atoms with E-state index in [2.05, 4.69) is 22.0 Å². The van der Waals surface area contributed by atoms with E-state index in [4.69, 9.17) is 0 Å². The van der Waals surface area contributed by atoms with Crippen LogP contribution < -0.4 is 5.32 Å². The third kappa shape index (κ3) is 2.80. The lowest BCUT2D eigenvalue weighted by Gasteiger charge is -2.34. The number of fused-ring (bicyclic) bond motifs is 1. The number of hydrogen-bond acceptors (Lipinski definition) is 3. The van der Waals surface area contributed by atoms with Crippen LogP contribution in [0.25, 0.3) is 0 Å². The van der Waals surface area contributed by atoms with Crippen molar-refractivity contribution in [1.29, 1.82) is 0 Å². The van der Waals surface area contributed by atoms with Crippen molar-refractivity contribution >= 4 is 17.7 Å². The summed E-state index contributed by atoms with van der Waals surface area (Å²) < 4.78 is 0. The molecule has 0 aromatic heterocycles. The monoisotopic (exact) mass is 282 g/mol. The Bertz CT molecular complexity index is 330. The summed E-state index contributed by atoms with van der Waals surface area (Å²) in [5.41, 5.74) is 0. The maximum atomic E-state index is 12.8. The maximum Gasteiger partial charge on any atom is 0.239 e. The Kier molecular flexibility index (Phi) is 4.37. The molecule has 4 atom stereocenters. The third-order valence-electron chi connectivity index (χ3n) is 5.20. The largest absolute Gasteiger partial charge is 0.337 e. The smallest absolute Gasteiger partial charge is 0.239 e. The third-order valence-corrected chi connectivity index (χ3v) is 6.58. The molecule has 108 valence electrons. The second-order valence-electron chi connectivity index (χ2n) is 6.30. The minimum Gasteiger partial charge on any atom is -0.337 e. The predicted octanol–water partition coefficient (Wildman–Crippen LogP) is 2.26. The number of rotatable bonds is 3. The molecule has 19 heavy (non-hydrogen) atoms. The van der Waals surface area contributed by atoms with Crippen LogP contribution in [-0.4, -0.2) is 47.5 Å². The summed E-state index contributed by atoms with van der Waals surface area (Å²) in [6.45, 7) is 1.00. The number of amides is 1. The highest BCUT2D eigenvalue weighted by Gasteiger charge is 2.41. The fourth-order valence-electron chi connectivity index (χ4n) is 4.13. The molecule has 3 fully saturated rings. The number of carbonyl (C=O) groups excluding carboxylic acids is 1. The van der Waals surface area contributed by atoms with E-state index in [1.165, 1.54) is 44.3 Å². The van der Waals surface area contributed by atoms with Gasteiger partial charge in [0.2, 0.25) is 5.91 Å². The highest BCUT2D eigenvalue weighted by atomic mass is 32.2. The van der Waals surface area contributed by atoms with Gasteiger partial charge in [-0.1, -0.05) is 6.42 Å². The number of nitrogens with one attached hydrogen (secondary N) is 1. The number of nitrogens with zero attached hydrogens (tertiary/aromatic N) is 1. The molecule has 0 radical (unpaired) electrons.